The summed E-state index contributed by atoms with van der Waals surface area (Å²) in [6.45, 7) is 0. The van der Waals surface area contributed by atoms with E-state index in [9.17, 15) is 0 Å². The second-order valence-electron chi connectivity index (χ2n) is 2.42. The van der Waals surface area contributed by atoms with Crippen molar-refractivity contribution >= 4 is 11.0 Å². The first kappa shape index (κ1) is 6.03. The Labute approximate surface area is 63.6 Å². The van der Waals surface area contributed by atoms with Crippen LogP contribution in [0.4, 0.5) is 0 Å². The standard InChI is InChI=1S/C7H9N4/c8-10-5-11(9)7-4-2-1-3-6(7)10/h1-5H,8-9H2/q+1. The van der Waals surface area contributed by atoms with E-state index in [4.69, 9.17) is 11.7 Å². The molecule has 0 spiro atoms. The molecular formula is C7H9N4+. The van der Waals surface area contributed by atoms with Crippen molar-refractivity contribution in [2.45, 2.75) is 0 Å². The van der Waals surface area contributed by atoms with Gasteiger partial charge in [0, 0.05) is 0 Å². The summed E-state index contributed by atoms with van der Waals surface area (Å²) in [6.07, 6.45) is 1.63. The highest BCUT2D eigenvalue weighted by Gasteiger charge is 2.09. The maximum absolute atomic E-state index is 5.59. The minimum absolute atomic E-state index is 0.926. The van der Waals surface area contributed by atoms with Gasteiger partial charge in [0.15, 0.2) is 0 Å². The van der Waals surface area contributed by atoms with E-state index in [0.717, 1.165) is 11.0 Å². The van der Waals surface area contributed by atoms with Gasteiger partial charge in [0.2, 0.25) is 11.0 Å². The molecule has 0 fully saturated rings. The topological polar surface area (TPSA) is 60.8 Å². The van der Waals surface area contributed by atoms with E-state index >= 15 is 0 Å². The predicted octanol–water partition coefficient (Wildman–Crippen LogP) is -0.644. The Morgan fingerprint density at radius 1 is 1.27 bits per heavy atom. The lowest BCUT2D eigenvalue weighted by Gasteiger charge is -1.83. The lowest BCUT2D eigenvalue weighted by atomic mass is 10.3. The van der Waals surface area contributed by atoms with E-state index < -0.39 is 0 Å². The second kappa shape index (κ2) is 1.88. The molecule has 0 aliphatic rings. The van der Waals surface area contributed by atoms with Crippen LogP contribution < -0.4 is 16.4 Å². The van der Waals surface area contributed by atoms with Gasteiger partial charge < -0.3 is 0 Å². The van der Waals surface area contributed by atoms with Crippen molar-refractivity contribution in [3.8, 4) is 0 Å². The molecule has 56 valence electrons. The van der Waals surface area contributed by atoms with Gasteiger partial charge in [0.05, 0.1) is 0 Å². The van der Waals surface area contributed by atoms with Crippen LogP contribution in [-0.4, -0.2) is 4.68 Å². The fourth-order valence-electron chi connectivity index (χ4n) is 1.16. The summed E-state index contributed by atoms with van der Waals surface area (Å²) >= 11 is 0. The molecule has 0 radical (unpaired) electrons. The summed E-state index contributed by atoms with van der Waals surface area (Å²) in [5.41, 5.74) is 1.85. The quantitative estimate of drug-likeness (QED) is 0.386. The van der Waals surface area contributed by atoms with Gasteiger partial charge in [-0.3, -0.25) is 11.7 Å². The van der Waals surface area contributed by atoms with E-state index in [1.807, 2.05) is 24.3 Å². The first-order valence-electron chi connectivity index (χ1n) is 3.31. The van der Waals surface area contributed by atoms with Gasteiger partial charge in [-0.2, -0.15) is 0 Å². The number of nitrogens with two attached hydrogens (primary N) is 2. The van der Waals surface area contributed by atoms with Gasteiger partial charge in [-0.05, 0) is 12.1 Å². The first-order chi connectivity index (χ1) is 5.29. The molecule has 4 N–H and O–H groups in total. The van der Waals surface area contributed by atoms with Crippen molar-refractivity contribution in [3.63, 3.8) is 0 Å². The Morgan fingerprint density at radius 2 is 2.00 bits per heavy atom. The van der Waals surface area contributed by atoms with Gasteiger partial charge in [0.1, 0.15) is 0 Å². The highest BCUT2D eigenvalue weighted by atomic mass is 15.4. The van der Waals surface area contributed by atoms with Crippen LogP contribution in [0.1, 0.15) is 0 Å². The molecule has 0 saturated carbocycles. The Balaban J connectivity index is 2.95. The molecule has 0 amide bonds. The van der Waals surface area contributed by atoms with Crippen molar-refractivity contribution < 1.29 is 4.68 Å². The van der Waals surface area contributed by atoms with Crippen LogP contribution in [0.5, 0.6) is 0 Å². The number of hydrogen-bond donors (Lipinski definition) is 2. The predicted molar refractivity (Wildman–Crippen MR) is 42.4 cm³/mol. The highest BCUT2D eigenvalue weighted by Crippen LogP contribution is 2.05. The van der Waals surface area contributed by atoms with E-state index in [-0.39, 0.29) is 0 Å². The van der Waals surface area contributed by atoms with Gasteiger partial charge in [-0.15, -0.1) is 9.35 Å². The Hall–Kier alpha value is -1.71. The maximum atomic E-state index is 5.59. The molecule has 0 aliphatic heterocycles. The molecule has 1 aromatic carbocycles. The minimum atomic E-state index is 0.926. The van der Waals surface area contributed by atoms with Gasteiger partial charge >= 0.3 is 0 Å². The number of nitrogens with zero attached hydrogens (tertiary/aromatic N) is 2. The summed E-state index contributed by atoms with van der Waals surface area (Å²) in [5.74, 6) is 11.2. The summed E-state index contributed by atoms with van der Waals surface area (Å²) in [4.78, 5) is 0. The largest absolute Gasteiger partial charge is 0.291 e. The third kappa shape index (κ3) is 0.724. The van der Waals surface area contributed by atoms with E-state index in [1.54, 1.807) is 6.33 Å². The zero-order valence-corrected chi connectivity index (χ0v) is 5.94. The summed E-state index contributed by atoms with van der Waals surface area (Å²) in [5, 5.41) is 0. The molecule has 0 saturated heterocycles. The van der Waals surface area contributed by atoms with Crippen LogP contribution in [0.15, 0.2) is 30.6 Å². The molecule has 0 bridgehead atoms. The number of rotatable bonds is 0. The molecular weight excluding hydrogens is 140 g/mol. The molecule has 2 rings (SSSR count). The summed E-state index contributed by atoms with van der Waals surface area (Å²) in [7, 11) is 0. The van der Waals surface area contributed by atoms with Crippen LogP contribution in [0, 0.1) is 0 Å². The smallest absolute Gasteiger partial charge is 0.268 e. The average Bonchev–Trinajstić information content (AvgIpc) is 2.30. The van der Waals surface area contributed by atoms with E-state index in [1.165, 1.54) is 9.35 Å². The monoisotopic (exact) mass is 149 g/mol. The van der Waals surface area contributed by atoms with Gasteiger partial charge in [-0.25, -0.2) is 0 Å². The fourth-order valence-corrected chi connectivity index (χ4v) is 1.16. The number of hydrogen-bond acceptors (Lipinski definition) is 2. The SMILES string of the molecule is Nn1c[n+](N)c2ccccc21. The lowest BCUT2D eigenvalue weighted by molar-refractivity contribution is -0.612. The van der Waals surface area contributed by atoms with Crippen LogP contribution in [0.25, 0.3) is 11.0 Å². The van der Waals surface area contributed by atoms with Crippen molar-refractivity contribution in [1.29, 1.82) is 0 Å². The molecule has 0 atom stereocenters. The maximum Gasteiger partial charge on any atom is 0.291 e. The lowest BCUT2D eigenvalue weighted by Crippen LogP contribution is -2.43. The van der Waals surface area contributed by atoms with Crippen LogP contribution in [0.3, 0.4) is 0 Å². The Kier molecular flexibility index (Phi) is 1.03. The van der Waals surface area contributed by atoms with Crippen LogP contribution >= 0.6 is 0 Å². The minimum Gasteiger partial charge on any atom is -0.268 e. The zero-order chi connectivity index (χ0) is 7.84. The van der Waals surface area contributed by atoms with Crippen molar-refractivity contribution in [2.75, 3.05) is 11.7 Å². The Bertz CT molecular complexity index is 354. The first-order valence-corrected chi connectivity index (χ1v) is 3.31. The molecule has 1 aromatic heterocycles. The van der Waals surface area contributed by atoms with E-state index in [0.29, 0.717) is 0 Å². The number of nitrogen functional groups attached to an aromatic ring is 2. The average molecular weight is 149 g/mol. The molecule has 4 heteroatoms. The third-order valence-electron chi connectivity index (χ3n) is 1.69. The number of imidazole rings is 1. The number of aromatic nitrogens is 2. The molecule has 1 heterocycles. The fraction of sp³-hybridized carbons (Fsp3) is 0. The normalized spacial score (nSPS) is 10.5. The summed E-state index contributed by atoms with van der Waals surface area (Å²) in [6, 6.07) is 7.68. The van der Waals surface area contributed by atoms with Crippen molar-refractivity contribution in [1.82, 2.24) is 4.68 Å². The van der Waals surface area contributed by atoms with Crippen LogP contribution in [-0.2, 0) is 0 Å². The molecule has 11 heavy (non-hydrogen) atoms. The highest BCUT2D eigenvalue weighted by molar-refractivity contribution is 5.71. The van der Waals surface area contributed by atoms with Crippen molar-refractivity contribution in [2.24, 2.45) is 0 Å². The number of benzene rings is 1. The third-order valence-corrected chi connectivity index (χ3v) is 1.69. The molecule has 0 unspecified atom stereocenters. The summed E-state index contributed by atoms with van der Waals surface area (Å²) < 4.78 is 2.99. The van der Waals surface area contributed by atoms with Crippen LogP contribution in [0.2, 0.25) is 0 Å². The van der Waals surface area contributed by atoms with E-state index in [2.05, 4.69) is 0 Å². The number of para-hydroxylation sites is 2. The zero-order valence-electron chi connectivity index (χ0n) is 5.94. The molecule has 4 nitrogen and oxygen atoms in total. The second-order valence-corrected chi connectivity index (χ2v) is 2.42. The van der Waals surface area contributed by atoms with Gasteiger partial charge in [0.25, 0.3) is 6.33 Å². The molecule has 0 aliphatic carbocycles. The Morgan fingerprint density at radius 3 is 2.73 bits per heavy atom. The van der Waals surface area contributed by atoms with Crippen molar-refractivity contribution in [3.05, 3.63) is 30.6 Å². The number of fused-ring (bicyclic) bond motifs is 1. The van der Waals surface area contributed by atoms with Gasteiger partial charge in [-0.1, -0.05) is 12.1 Å². The molecule has 2 aromatic rings.